The number of nitrogens with zero attached hydrogens (tertiary/aromatic N) is 1. The van der Waals surface area contributed by atoms with Gasteiger partial charge in [-0.1, -0.05) is 23.7 Å². The van der Waals surface area contributed by atoms with Crippen LogP contribution in [0.4, 0.5) is 0 Å². The van der Waals surface area contributed by atoms with E-state index in [-0.39, 0.29) is 6.04 Å². The van der Waals surface area contributed by atoms with Crippen molar-refractivity contribution in [2.45, 2.75) is 13.0 Å². The average Bonchev–Trinajstić information content (AvgIpc) is 2.16. The van der Waals surface area contributed by atoms with Crippen molar-refractivity contribution in [3.05, 3.63) is 40.7 Å². The lowest BCUT2D eigenvalue weighted by Crippen LogP contribution is -2.09. The summed E-state index contributed by atoms with van der Waals surface area (Å²) in [5, 5.41) is 0.583. The molecule has 1 unspecified atom stereocenters. The van der Waals surface area contributed by atoms with E-state index >= 15 is 0 Å². The summed E-state index contributed by atoms with van der Waals surface area (Å²) < 4.78 is 5.34. The second kappa shape index (κ2) is 4.74. The molecule has 0 spiro atoms. The molecule has 0 fully saturated rings. The molecule has 1 aromatic carbocycles. The third-order valence-electron chi connectivity index (χ3n) is 1.54. The summed E-state index contributed by atoms with van der Waals surface area (Å²) in [6, 6.07) is 7.12. The Morgan fingerprint density at radius 2 is 2.23 bits per heavy atom. The summed E-state index contributed by atoms with van der Waals surface area (Å²) in [6.45, 7) is 8.93. The van der Waals surface area contributed by atoms with Crippen LogP contribution >= 0.6 is 11.6 Å². The smallest absolute Gasteiger partial charge is 0.254 e. The molecule has 0 saturated carbocycles. The van der Waals surface area contributed by atoms with Gasteiger partial charge in [0, 0.05) is 6.92 Å². The van der Waals surface area contributed by atoms with E-state index in [1.807, 2.05) is 19.1 Å². The van der Waals surface area contributed by atoms with Crippen LogP contribution < -0.4 is 4.74 Å². The van der Waals surface area contributed by atoms with Crippen molar-refractivity contribution in [3.8, 4) is 5.75 Å². The molecular formula is C10H10ClNO. The van der Waals surface area contributed by atoms with Crippen LogP contribution in [0.2, 0.25) is 5.02 Å². The molecular weight excluding hydrogens is 186 g/mol. The van der Waals surface area contributed by atoms with Gasteiger partial charge in [-0.15, -0.1) is 0 Å². The molecule has 2 nitrogen and oxygen atoms in total. The van der Waals surface area contributed by atoms with E-state index in [1.54, 1.807) is 12.1 Å². The van der Waals surface area contributed by atoms with Gasteiger partial charge in [-0.2, -0.15) is 0 Å². The van der Waals surface area contributed by atoms with Gasteiger partial charge in [-0.05, 0) is 12.1 Å². The highest BCUT2D eigenvalue weighted by Gasteiger charge is 2.06. The van der Waals surface area contributed by atoms with Gasteiger partial charge in [-0.25, -0.2) is 6.57 Å². The van der Waals surface area contributed by atoms with Gasteiger partial charge in [0.15, 0.2) is 6.61 Å². The minimum atomic E-state index is -0.128. The molecule has 0 aliphatic rings. The van der Waals surface area contributed by atoms with Crippen LogP contribution in [0.25, 0.3) is 4.85 Å². The topological polar surface area (TPSA) is 13.6 Å². The molecule has 3 heteroatoms. The summed E-state index contributed by atoms with van der Waals surface area (Å²) >= 11 is 5.85. The van der Waals surface area contributed by atoms with E-state index in [0.29, 0.717) is 17.4 Å². The number of ether oxygens (including phenoxy) is 1. The Hall–Kier alpha value is -1.20. The van der Waals surface area contributed by atoms with E-state index in [0.717, 1.165) is 0 Å². The van der Waals surface area contributed by atoms with Crippen LogP contribution in [0.3, 0.4) is 0 Å². The Bertz CT molecular complexity index is 319. The van der Waals surface area contributed by atoms with Crippen molar-refractivity contribution >= 4 is 11.6 Å². The molecule has 1 aromatic rings. The highest BCUT2D eigenvalue weighted by Crippen LogP contribution is 2.23. The van der Waals surface area contributed by atoms with E-state index in [9.17, 15) is 0 Å². The molecule has 0 aliphatic carbocycles. The number of benzene rings is 1. The summed E-state index contributed by atoms with van der Waals surface area (Å²) in [5.74, 6) is 0.639. The maximum Gasteiger partial charge on any atom is 0.254 e. The van der Waals surface area contributed by atoms with Gasteiger partial charge in [0.05, 0.1) is 5.02 Å². The highest BCUT2D eigenvalue weighted by atomic mass is 35.5. The maximum absolute atomic E-state index is 6.74. The van der Waals surface area contributed by atoms with Crippen molar-refractivity contribution in [2.75, 3.05) is 6.61 Å². The predicted molar refractivity (Wildman–Crippen MR) is 53.0 cm³/mol. The molecule has 0 aromatic heterocycles. The van der Waals surface area contributed by atoms with Crippen molar-refractivity contribution in [1.29, 1.82) is 0 Å². The average molecular weight is 196 g/mol. The van der Waals surface area contributed by atoms with Crippen LogP contribution in [-0.4, -0.2) is 12.6 Å². The molecule has 1 atom stereocenters. The fourth-order valence-electron chi connectivity index (χ4n) is 0.809. The first kappa shape index (κ1) is 9.88. The maximum atomic E-state index is 6.74. The molecule has 68 valence electrons. The number of hydrogen-bond donors (Lipinski definition) is 0. The SMILES string of the molecule is [C-]#[N+]C(C)COc1ccccc1Cl. The quantitative estimate of drug-likeness (QED) is 0.676. The lowest BCUT2D eigenvalue weighted by Gasteiger charge is -2.06. The number of hydrogen-bond acceptors (Lipinski definition) is 1. The molecule has 0 aliphatic heterocycles. The first-order chi connectivity index (χ1) is 6.24. The number of rotatable bonds is 3. The van der Waals surface area contributed by atoms with Gasteiger partial charge in [0.25, 0.3) is 6.04 Å². The normalized spacial score (nSPS) is 11.8. The fourth-order valence-corrected chi connectivity index (χ4v) is 1.000. The van der Waals surface area contributed by atoms with Crippen LogP contribution in [0.5, 0.6) is 5.75 Å². The van der Waals surface area contributed by atoms with Gasteiger partial charge < -0.3 is 9.58 Å². The molecule has 0 N–H and O–H groups in total. The molecule has 0 saturated heterocycles. The van der Waals surface area contributed by atoms with Gasteiger partial charge in [-0.3, -0.25) is 0 Å². The number of para-hydroxylation sites is 1. The van der Waals surface area contributed by atoms with Crippen LogP contribution in [0.1, 0.15) is 6.92 Å². The zero-order valence-electron chi connectivity index (χ0n) is 7.33. The largest absolute Gasteiger partial charge is 0.484 e. The second-order valence-corrected chi connectivity index (χ2v) is 3.13. The van der Waals surface area contributed by atoms with Crippen molar-refractivity contribution in [3.63, 3.8) is 0 Å². The monoisotopic (exact) mass is 195 g/mol. The Balaban J connectivity index is 2.56. The Morgan fingerprint density at radius 3 is 2.85 bits per heavy atom. The zero-order chi connectivity index (χ0) is 9.68. The van der Waals surface area contributed by atoms with Gasteiger partial charge in [0.2, 0.25) is 0 Å². The highest BCUT2D eigenvalue weighted by molar-refractivity contribution is 6.32. The first-order valence-corrected chi connectivity index (χ1v) is 4.35. The molecule has 0 amide bonds. The van der Waals surface area contributed by atoms with Crippen molar-refractivity contribution < 1.29 is 4.74 Å². The third kappa shape index (κ3) is 2.96. The zero-order valence-corrected chi connectivity index (χ0v) is 8.08. The van der Waals surface area contributed by atoms with Crippen LogP contribution in [-0.2, 0) is 0 Å². The summed E-state index contributed by atoms with van der Waals surface area (Å²) in [6.07, 6.45) is 0. The van der Waals surface area contributed by atoms with Crippen LogP contribution in [0.15, 0.2) is 24.3 Å². The number of halogens is 1. The van der Waals surface area contributed by atoms with E-state index in [2.05, 4.69) is 4.85 Å². The van der Waals surface area contributed by atoms with Gasteiger partial charge >= 0.3 is 0 Å². The van der Waals surface area contributed by atoms with E-state index in [1.165, 1.54) is 0 Å². The lowest BCUT2D eigenvalue weighted by molar-refractivity contribution is 0.310. The molecule has 0 bridgehead atoms. The molecule has 1 rings (SSSR count). The second-order valence-electron chi connectivity index (χ2n) is 2.72. The fraction of sp³-hybridized carbons (Fsp3) is 0.300. The summed E-state index contributed by atoms with van der Waals surface area (Å²) in [5.41, 5.74) is 0. The Labute approximate surface area is 82.9 Å². The van der Waals surface area contributed by atoms with Crippen molar-refractivity contribution in [2.24, 2.45) is 0 Å². The lowest BCUT2D eigenvalue weighted by atomic mass is 10.3. The summed E-state index contributed by atoms with van der Waals surface area (Å²) in [7, 11) is 0. The predicted octanol–water partition coefficient (Wildman–Crippen LogP) is 3.03. The third-order valence-corrected chi connectivity index (χ3v) is 1.85. The molecule has 13 heavy (non-hydrogen) atoms. The minimum Gasteiger partial charge on any atom is -0.484 e. The van der Waals surface area contributed by atoms with Gasteiger partial charge in [0.1, 0.15) is 5.75 Å². The van der Waals surface area contributed by atoms with E-state index in [4.69, 9.17) is 22.9 Å². The summed E-state index contributed by atoms with van der Waals surface area (Å²) in [4.78, 5) is 3.32. The Morgan fingerprint density at radius 1 is 1.54 bits per heavy atom. The standard InChI is InChI=1S/C10H10ClNO/c1-8(12-2)7-13-10-6-4-3-5-9(10)11/h3-6,8H,7H2,1H3. The minimum absolute atomic E-state index is 0.128. The molecule has 0 radical (unpaired) electrons. The van der Waals surface area contributed by atoms with Crippen LogP contribution in [0, 0.1) is 6.57 Å². The molecule has 0 heterocycles. The first-order valence-electron chi connectivity index (χ1n) is 3.98. The van der Waals surface area contributed by atoms with E-state index < -0.39 is 0 Å². The Kier molecular flexibility index (Phi) is 3.60. The van der Waals surface area contributed by atoms with Crippen molar-refractivity contribution in [1.82, 2.24) is 0 Å².